The Balaban J connectivity index is 4.16. The second-order valence-corrected chi connectivity index (χ2v) is 24.8. The lowest BCUT2D eigenvalue weighted by Gasteiger charge is -2.26. The molecule has 0 bridgehead atoms. The van der Waals surface area contributed by atoms with Gasteiger partial charge < -0.3 is 33.3 Å². The maximum atomic E-state index is 12.9. The van der Waals surface area contributed by atoms with Crippen LogP contribution in [0.1, 0.15) is 296 Å². The normalized spacial score (nSPS) is 13.4. The summed E-state index contributed by atoms with van der Waals surface area (Å²) in [5.41, 5.74) is 0. The van der Waals surface area contributed by atoms with Crippen LogP contribution in [0.3, 0.4) is 0 Å². The highest BCUT2D eigenvalue weighted by Crippen LogP contribution is 2.17. The van der Waals surface area contributed by atoms with Crippen molar-refractivity contribution in [3.8, 4) is 0 Å². The topological polar surface area (TPSA) is 111 Å². The number of allylic oxidation sites excluding steroid dienone is 20. The van der Waals surface area contributed by atoms with E-state index in [2.05, 4.69) is 135 Å². The van der Waals surface area contributed by atoms with Crippen LogP contribution >= 0.6 is 0 Å². The number of nitrogens with zero attached hydrogens (tertiary/aromatic N) is 1. The van der Waals surface area contributed by atoms with Gasteiger partial charge in [0.1, 0.15) is 13.2 Å². The van der Waals surface area contributed by atoms with Crippen LogP contribution in [0.15, 0.2) is 122 Å². The molecule has 0 heterocycles. The zero-order chi connectivity index (χ0) is 63.3. The van der Waals surface area contributed by atoms with Gasteiger partial charge in [-0.1, -0.05) is 315 Å². The van der Waals surface area contributed by atoms with Crippen LogP contribution in [0.5, 0.6) is 0 Å². The second-order valence-electron chi connectivity index (χ2n) is 24.8. The summed E-state index contributed by atoms with van der Waals surface area (Å²) in [4.78, 5) is 37.5. The maximum Gasteiger partial charge on any atom is 0.306 e. The SMILES string of the molecule is CC/C=C\C/C=C\C/C=C\C/C=C\C/C=C\C/C=C\C/C=C\C/C=C\C/C=C\C/C=C\CCCCCCCCCCC(=O)OC(COC(=O)CCCCCCCCCCCCCCCCCCCCCCCCC)COC(OCC[N+](C)(C)C)C(=O)[O-]. The van der Waals surface area contributed by atoms with E-state index in [4.69, 9.17) is 18.9 Å². The number of carbonyl (C=O) groups is 3. The summed E-state index contributed by atoms with van der Waals surface area (Å²) in [6.45, 7) is 4.65. The fourth-order valence-electron chi connectivity index (χ4n) is 9.80. The lowest BCUT2D eigenvalue weighted by atomic mass is 10.0. The molecule has 0 spiro atoms. The molecule has 0 aliphatic rings. The Morgan fingerprint density at radius 2 is 0.655 bits per heavy atom. The molecule has 0 aromatic rings. The molecule has 87 heavy (non-hydrogen) atoms. The maximum absolute atomic E-state index is 12.9. The van der Waals surface area contributed by atoms with Crippen molar-refractivity contribution in [3.63, 3.8) is 0 Å². The molecule has 2 unspecified atom stereocenters. The van der Waals surface area contributed by atoms with E-state index >= 15 is 0 Å². The molecule has 0 radical (unpaired) electrons. The molecule has 0 amide bonds. The fraction of sp³-hybridized carbons (Fsp3) is 0.705. The van der Waals surface area contributed by atoms with E-state index in [0.717, 1.165) is 109 Å². The summed E-state index contributed by atoms with van der Waals surface area (Å²) in [5, 5.41) is 11.8. The summed E-state index contributed by atoms with van der Waals surface area (Å²) >= 11 is 0. The molecule has 0 fully saturated rings. The monoisotopic (exact) mass is 1210 g/mol. The van der Waals surface area contributed by atoms with Crippen LogP contribution in [-0.4, -0.2) is 82.3 Å². The molecular formula is C78H133NO8. The molecule has 0 aromatic heterocycles. The van der Waals surface area contributed by atoms with E-state index in [1.165, 1.54) is 154 Å². The number of hydrogen-bond donors (Lipinski definition) is 0. The standard InChI is InChI=1S/C78H133NO8/c1-6-8-10-12-14-16-18-20-22-24-26-28-30-31-32-33-34-35-36-37-38-39-40-41-42-43-44-45-47-49-51-53-55-57-59-61-63-65-67-69-76(81)87-74(73-86-78(77(82)83)84-71-70-79(3,4)5)72-85-75(80)68-66-64-62-60-58-56-54-52-50-48-46-29-27-25-23-21-19-17-15-13-11-9-7-2/h8,10,14,16,20,22,26,28,31-32,34-35,37-38,40-41,43-44,47,49,74,78H,6-7,9,11-13,15,17-19,21,23-25,27,29-30,33,36,39,42,45-46,48,50-73H2,1-5H3/b10-8-,16-14-,22-20-,28-26-,32-31-,35-34-,38-37-,41-40-,44-43-,49-47-. The molecule has 9 heteroatoms. The molecule has 0 saturated carbocycles. The average molecular weight is 1210 g/mol. The molecule has 0 aromatic carbocycles. The van der Waals surface area contributed by atoms with E-state index in [1.54, 1.807) is 0 Å². The van der Waals surface area contributed by atoms with Gasteiger partial charge in [0.05, 0.1) is 40.3 Å². The Bertz CT molecular complexity index is 1840. The van der Waals surface area contributed by atoms with Gasteiger partial charge in [-0.2, -0.15) is 0 Å². The molecule has 9 nitrogen and oxygen atoms in total. The zero-order valence-electron chi connectivity index (χ0n) is 56.9. The number of ether oxygens (including phenoxy) is 4. The summed E-state index contributed by atoms with van der Waals surface area (Å²) in [7, 11) is 5.93. The number of likely N-dealkylation sites (N-methyl/N-ethyl adjacent to an activating group) is 1. The van der Waals surface area contributed by atoms with Gasteiger partial charge in [-0.25, -0.2) is 0 Å². The predicted molar refractivity (Wildman–Crippen MR) is 370 cm³/mol. The minimum Gasteiger partial charge on any atom is -0.545 e. The molecule has 0 saturated heterocycles. The van der Waals surface area contributed by atoms with Gasteiger partial charge in [-0.15, -0.1) is 0 Å². The van der Waals surface area contributed by atoms with Gasteiger partial charge >= 0.3 is 11.9 Å². The lowest BCUT2D eigenvalue weighted by molar-refractivity contribution is -0.870. The number of carboxylic acids is 1. The number of aliphatic carboxylic acids is 1. The predicted octanol–water partition coefficient (Wildman–Crippen LogP) is 21.0. The van der Waals surface area contributed by atoms with Gasteiger partial charge in [0.15, 0.2) is 12.4 Å². The molecule has 0 N–H and O–H groups in total. The van der Waals surface area contributed by atoms with E-state index in [9.17, 15) is 19.5 Å². The lowest BCUT2D eigenvalue weighted by Crippen LogP contribution is -2.44. The largest absolute Gasteiger partial charge is 0.545 e. The van der Waals surface area contributed by atoms with Crippen LogP contribution < -0.4 is 5.11 Å². The van der Waals surface area contributed by atoms with Crippen LogP contribution in [0, 0.1) is 0 Å². The third-order valence-electron chi connectivity index (χ3n) is 15.2. The van der Waals surface area contributed by atoms with Gasteiger partial charge in [0.25, 0.3) is 0 Å². The van der Waals surface area contributed by atoms with Crippen molar-refractivity contribution in [2.75, 3.05) is 47.5 Å². The van der Waals surface area contributed by atoms with Crippen LogP contribution in [0.4, 0.5) is 0 Å². The Labute approximate surface area is 536 Å². The Morgan fingerprint density at radius 1 is 0.356 bits per heavy atom. The quantitative estimate of drug-likeness (QED) is 0.0195. The minimum atomic E-state index is -1.63. The molecule has 0 rings (SSSR count). The highest BCUT2D eigenvalue weighted by Gasteiger charge is 2.22. The molecule has 0 aliphatic carbocycles. The van der Waals surface area contributed by atoms with Gasteiger partial charge in [0.2, 0.25) is 0 Å². The highest BCUT2D eigenvalue weighted by molar-refractivity contribution is 5.70. The first-order valence-corrected chi connectivity index (χ1v) is 35.7. The van der Waals surface area contributed by atoms with Crippen molar-refractivity contribution in [1.29, 1.82) is 0 Å². The van der Waals surface area contributed by atoms with Crippen LogP contribution in [0.2, 0.25) is 0 Å². The van der Waals surface area contributed by atoms with Crippen molar-refractivity contribution >= 4 is 17.9 Å². The molecular weight excluding hydrogens is 1080 g/mol. The number of unbranched alkanes of at least 4 members (excludes halogenated alkanes) is 30. The van der Waals surface area contributed by atoms with Crippen molar-refractivity contribution in [1.82, 2.24) is 0 Å². The number of rotatable bonds is 65. The number of carbonyl (C=O) groups excluding carboxylic acids is 3. The van der Waals surface area contributed by atoms with E-state index < -0.39 is 24.3 Å². The van der Waals surface area contributed by atoms with Crippen molar-refractivity contribution in [2.45, 2.75) is 309 Å². The summed E-state index contributed by atoms with van der Waals surface area (Å²) < 4.78 is 22.8. The van der Waals surface area contributed by atoms with E-state index in [-0.39, 0.29) is 38.6 Å². The third kappa shape index (κ3) is 69.0. The van der Waals surface area contributed by atoms with Crippen LogP contribution in [0.25, 0.3) is 0 Å². The zero-order valence-corrected chi connectivity index (χ0v) is 56.9. The summed E-state index contributed by atoms with van der Waals surface area (Å²) in [5.74, 6) is -2.29. The number of hydrogen-bond acceptors (Lipinski definition) is 8. The average Bonchev–Trinajstić information content (AvgIpc) is 3.55. The highest BCUT2D eigenvalue weighted by atomic mass is 16.7. The number of esters is 2. The van der Waals surface area contributed by atoms with Crippen molar-refractivity contribution < 1.29 is 42.9 Å². The van der Waals surface area contributed by atoms with Crippen LogP contribution in [-0.2, 0) is 33.3 Å². The molecule has 2 atom stereocenters. The first kappa shape index (κ1) is 82.7. The van der Waals surface area contributed by atoms with E-state index in [0.29, 0.717) is 17.4 Å². The Kier molecular flexibility index (Phi) is 64.3. The Morgan fingerprint density at radius 3 is 0.977 bits per heavy atom. The Hall–Kier alpha value is -4.31. The van der Waals surface area contributed by atoms with Gasteiger partial charge in [-0.3, -0.25) is 9.59 Å². The van der Waals surface area contributed by atoms with Crippen molar-refractivity contribution in [2.24, 2.45) is 0 Å². The van der Waals surface area contributed by atoms with Gasteiger partial charge in [-0.05, 0) is 89.9 Å². The minimum absolute atomic E-state index is 0.142. The summed E-state index contributed by atoms with van der Waals surface area (Å²) in [6.07, 6.45) is 92.8. The summed E-state index contributed by atoms with van der Waals surface area (Å²) in [6, 6.07) is 0. The first-order chi connectivity index (χ1) is 42.6. The smallest absolute Gasteiger partial charge is 0.306 e. The number of quaternary nitrogens is 1. The molecule has 498 valence electrons. The second kappa shape index (κ2) is 67.6. The number of carboxylic acid groups (broad SMARTS) is 1. The first-order valence-electron chi connectivity index (χ1n) is 35.7. The third-order valence-corrected chi connectivity index (χ3v) is 15.2. The van der Waals surface area contributed by atoms with Gasteiger partial charge in [0, 0.05) is 12.8 Å². The fourth-order valence-corrected chi connectivity index (χ4v) is 9.80. The molecule has 0 aliphatic heterocycles. The van der Waals surface area contributed by atoms with Crippen molar-refractivity contribution in [3.05, 3.63) is 122 Å². The van der Waals surface area contributed by atoms with E-state index in [1.807, 2.05) is 21.1 Å².